The normalized spacial score (nSPS) is 10.6. The lowest BCUT2D eigenvalue weighted by atomic mass is 10.1. The molecule has 0 aliphatic carbocycles. The monoisotopic (exact) mass is 210 g/mol. The van der Waals surface area contributed by atoms with Gasteiger partial charge in [0.05, 0.1) is 0 Å². The summed E-state index contributed by atoms with van der Waals surface area (Å²) in [6.45, 7) is 7.56. The van der Waals surface area contributed by atoms with Crippen LogP contribution in [0.3, 0.4) is 0 Å². The standard InChI is InChI=1S/C12H19FN2/c1-3-14-4-5-15-9-11-6-10(2)7-12(13)8-11/h6-8,14-15H,3-5,9H2,1-2H3. The van der Waals surface area contributed by atoms with E-state index in [-0.39, 0.29) is 5.82 Å². The van der Waals surface area contributed by atoms with Gasteiger partial charge in [-0.25, -0.2) is 4.39 Å². The summed E-state index contributed by atoms with van der Waals surface area (Å²) in [6, 6.07) is 5.12. The molecule has 0 saturated heterocycles. The van der Waals surface area contributed by atoms with E-state index in [1.807, 2.05) is 13.0 Å². The highest BCUT2D eigenvalue weighted by molar-refractivity contribution is 5.23. The van der Waals surface area contributed by atoms with Crippen molar-refractivity contribution in [3.63, 3.8) is 0 Å². The van der Waals surface area contributed by atoms with Crippen molar-refractivity contribution in [2.45, 2.75) is 20.4 Å². The Bertz CT molecular complexity index is 279. The summed E-state index contributed by atoms with van der Waals surface area (Å²) < 4.78 is 13.0. The van der Waals surface area contributed by atoms with Crippen LogP contribution in [0.25, 0.3) is 0 Å². The first kappa shape index (κ1) is 12.1. The SMILES string of the molecule is CCNCCNCc1cc(C)cc(F)c1. The average Bonchev–Trinajstić information content (AvgIpc) is 2.16. The lowest BCUT2D eigenvalue weighted by molar-refractivity contribution is 0.608. The van der Waals surface area contributed by atoms with Crippen molar-refractivity contribution in [2.75, 3.05) is 19.6 Å². The number of hydrogen-bond donors (Lipinski definition) is 2. The van der Waals surface area contributed by atoms with Crippen molar-refractivity contribution < 1.29 is 4.39 Å². The molecule has 0 unspecified atom stereocenters. The summed E-state index contributed by atoms with van der Waals surface area (Å²) in [5, 5.41) is 6.48. The summed E-state index contributed by atoms with van der Waals surface area (Å²) in [5.74, 6) is -0.154. The maximum Gasteiger partial charge on any atom is 0.123 e. The minimum Gasteiger partial charge on any atom is -0.316 e. The van der Waals surface area contributed by atoms with Crippen molar-refractivity contribution >= 4 is 0 Å². The Kier molecular flexibility index (Phi) is 5.29. The van der Waals surface area contributed by atoms with Crippen LogP contribution >= 0.6 is 0 Å². The fraction of sp³-hybridized carbons (Fsp3) is 0.500. The van der Waals surface area contributed by atoms with Gasteiger partial charge in [-0.3, -0.25) is 0 Å². The number of likely N-dealkylation sites (N-methyl/N-ethyl adjacent to an activating group) is 1. The van der Waals surface area contributed by atoms with Gasteiger partial charge in [0, 0.05) is 19.6 Å². The van der Waals surface area contributed by atoms with Crippen LogP contribution in [0.1, 0.15) is 18.1 Å². The third kappa shape index (κ3) is 4.91. The van der Waals surface area contributed by atoms with Crippen molar-refractivity contribution in [2.24, 2.45) is 0 Å². The maximum absolute atomic E-state index is 13.0. The van der Waals surface area contributed by atoms with E-state index in [0.29, 0.717) is 0 Å². The highest BCUT2D eigenvalue weighted by Gasteiger charge is 1.97. The summed E-state index contributed by atoms with van der Waals surface area (Å²) in [4.78, 5) is 0. The second-order valence-electron chi connectivity index (χ2n) is 3.67. The van der Waals surface area contributed by atoms with Crippen LogP contribution in [0, 0.1) is 12.7 Å². The number of nitrogens with one attached hydrogen (secondary N) is 2. The number of benzene rings is 1. The third-order valence-electron chi connectivity index (χ3n) is 2.16. The molecule has 1 aromatic rings. The molecule has 84 valence electrons. The molecule has 2 nitrogen and oxygen atoms in total. The Morgan fingerprint density at radius 1 is 1.13 bits per heavy atom. The van der Waals surface area contributed by atoms with Crippen LogP contribution < -0.4 is 10.6 Å². The van der Waals surface area contributed by atoms with Crippen LogP contribution in [0.4, 0.5) is 4.39 Å². The van der Waals surface area contributed by atoms with Crippen LogP contribution in [0.2, 0.25) is 0 Å². The fourth-order valence-electron chi connectivity index (χ4n) is 1.50. The molecule has 0 atom stereocenters. The van der Waals surface area contributed by atoms with Gasteiger partial charge < -0.3 is 10.6 Å². The van der Waals surface area contributed by atoms with E-state index < -0.39 is 0 Å². The van der Waals surface area contributed by atoms with Gasteiger partial charge in [0.15, 0.2) is 0 Å². The Morgan fingerprint density at radius 2 is 1.87 bits per heavy atom. The molecule has 0 fully saturated rings. The van der Waals surface area contributed by atoms with Crippen molar-refractivity contribution in [3.05, 3.63) is 35.1 Å². The summed E-state index contributed by atoms with van der Waals surface area (Å²) >= 11 is 0. The molecule has 1 rings (SSSR count). The molecule has 0 aliphatic rings. The molecule has 0 saturated carbocycles. The molecule has 2 N–H and O–H groups in total. The first-order valence-electron chi connectivity index (χ1n) is 5.40. The molecule has 3 heteroatoms. The molecule has 15 heavy (non-hydrogen) atoms. The van der Waals surface area contributed by atoms with Gasteiger partial charge in [0.25, 0.3) is 0 Å². The van der Waals surface area contributed by atoms with Crippen LogP contribution in [0.5, 0.6) is 0 Å². The molecule has 0 aromatic heterocycles. The minimum atomic E-state index is -0.154. The van der Waals surface area contributed by atoms with E-state index in [4.69, 9.17) is 0 Å². The number of halogens is 1. The van der Waals surface area contributed by atoms with Gasteiger partial charge >= 0.3 is 0 Å². The van der Waals surface area contributed by atoms with Gasteiger partial charge in [-0.05, 0) is 36.7 Å². The third-order valence-corrected chi connectivity index (χ3v) is 2.16. The lowest BCUT2D eigenvalue weighted by Crippen LogP contribution is -2.26. The number of rotatable bonds is 6. The molecular formula is C12H19FN2. The Balaban J connectivity index is 2.31. The van der Waals surface area contributed by atoms with Crippen molar-refractivity contribution in [3.8, 4) is 0 Å². The zero-order valence-corrected chi connectivity index (χ0v) is 9.44. The van der Waals surface area contributed by atoms with E-state index in [2.05, 4.69) is 17.6 Å². The predicted octanol–water partition coefficient (Wildman–Crippen LogP) is 1.83. The van der Waals surface area contributed by atoms with Gasteiger partial charge in [0.2, 0.25) is 0 Å². The van der Waals surface area contributed by atoms with Crippen LogP contribution in [-0.4, -0.2) is 19.6 Å². The Labute approximate surface area is 90.9 Å². The number of aryl methyl sites for hydroxylation is 1. The highest BCUT2D eigenvalue weighted by atomic mass is 19.1. The molecule has 0 aliphatic heterocycles. The summed E-state index contributed by atoms with van der Waals surface area (Å²) in [5.41, 5.74) is 1.97. The molecular weight excluding hydrogens is 191 g/mol. The first-order valence-corrected chi connectivity index (χ1v) is 5.40. The molecule has 0 radical (unpaired) electrons. The van der Waals surface area contributed by atoms with Gasteiger partial charge in [-0.15, -0.1) is 0 Å². The van der Waals surface area contributed by atoms with Gasteiger partial charge in [-0.2, -0.15) is 0 Å². The zero-order chi connectivity index (χ0) is 11.1. The average molecular weight is 210 g/mol. The first-order chi connectivity index (χ1) is 7.22. The maximum atomic E-state index is 13.0. The van der Waals surface area contributed by atoms with Gasteiger partial charge in [0.1, 0.15) is 5.82 Å². The lowest BCUT2D eigenvalue weighted by Gasteiger charge is -2.06. The molecule has 0 amide bonds. The van der Waals surface area contributed by atoms with Crippen LogP contribution in [-0.2, 0) is 6.54 Å². The minimum absolute atomic E-state index is 0.154. The zero-order valence-electron chi connectivity index (χ0n) is 9.44. The van der Waals surface area contributed by atoms with Crippen molar-refractivity contribution in [1.82, 2.24) is 10.6 Å². The second kappa shape index (κ2) is 6.53. The largest absolute Gasteiger partial charge is 0.316 e. The Morgan fingerprint density at radius 3 is 2.53 bits per heavy atom. The molecule has 0 spiro atoms. The Hall–Kier alpha value is -0.930. The van der Waals surface area contributed by atoms with Crippen LogP contribution in [0.15, 0.2) is 18.2 Å². The van der Waals surface area contributed by atoms with E-state index in [1.165, 1.54) is 0 Å². The smallest absolute Gasteiger partial charge is 0.123 e. The van der Waals surface area contributed by atoms with E-state index in [9.17, 15) is 4.39 Å². The topological polar surface area (TPSA) is 24.1 Å². The molecule has 1 aromatic carbocycles. The quantitative estimate of drug-likeness (QED) is 0.700. The molecule has 0 heterocycles. The number of hydrogen-bond acceptors (Lipinski definition) is 2. The molecule has 0 bridgehead atoms. The summed E-state index contributed by atoms with van der Waals surface area (Å²) in [6.07, 6.45) is 0. The van der Waals surface area contributed by atoms with E-state index in [0.717, 1.165) is 37.3 Å². The second-order valence-corrected chi connectivity index (χ2v) is 3.67. The fourth-order valence-corrected chi connectivity index (χ4v) is 1.50. The van der Waals surface area contributed by atoms with Gasteiger partial charge in [-0.1, -0.05) is 13.0 Å². The van der Waals surface area contributed by atoms with Crippen molar-refractivity contribution in [1.29, 1.82) is 0 Å². The highest BCUT2D eigenvalue weighted by Crippen LogP contribution is 2.07. The predicted molar refractivity (Wildman–Crippen MR) is 61.4 cm³/mol. The van der Waals surface area contributed by atoms with E-state index >= 15 is 0 Å². The van der Waals surface area contributed by atoms with E-state index in [1.54, 1.807) is 12.1 Å². The summed E-state index contributed by atoms with van der Waals surface area (Å²) in [7, 11) is 0.